The molecule has 0 spiro atoms. The van der Waals surface area contributed by atoms with Crippen molar-refractivity contribution in [3.05, 3.63) is 53.6 Å². The van der Waals surface area contributed by atoms with E-state index in [1.165, 1.54) is 12.1 Å². The maximum atomic E-state index is 12.4. The molecule has 0 saturated carbocycles. The number of hydrogen-bond donors (Lipinski definition) is 1. The monoisotopic (exact) mass is 409 g/mol. The van der Waals surface area contributed by atoms with Crippen molar-refractivity contribution in [2.24, 2.45) is 5.14 Å². The fraction of sp³-hybridized carbons (Fsp3) is 0.278. The maximum Gasteiger partial charge on any atom is 0.260 e. The van der Waals surface area contributed by atoms with Gasteiger partial charge in [0.15, 0.2) is 6.61 Å². The Labute approximate surface area is 163 Å². The summed E-state index contributed by atoms with van der Waals surface area (Å²) < 4.78 is 28.6. The molecule has 0 radical (unpaired) electrons. The van der Waals surface area contributed by atoms with Gasteiger partial charge in [-0.25, -0.2) is 13.6 Å². The van der Waals surface area contributed by atoms with E-state index in [2.05, 4.69) is 4.90 Å². The highest BCUT2D eigenvalue weighted by Gasteiger charge is 2.22. The third-order valence-corrected chi connectivity index (χ3v) is 5.50. The molecule has 0 atom stereocenters. The zero-order chi connectivity index (χ0) is 19.4. The second kappa shape index (κ2) is 8.16. The van der Waals surface area contributed by atoms with E-state index in [-0.39, 0.29) is 23.2 Å². The van der Waals surface area contributed by atoms with Gasteiger partial charge >= 0.3 is 0 Å². The highest BCUT2D eigenvalue weighted by Crippen LogP contribution is 2.23. The van der Waals surface area contributed by atoms with Gasteiger partial charge in [0.2, 0.25) is 10.0 Å². The van der Waals surface area contributed by atoms with E-state index in [4.69, 9.17) is 21.5 Å². The molecule has 0 bridgehead atoms. The van der Waals surface area contributed by atoms with Gasteiger partial charge in [0.05, 0.1) is 0 Å². The van der Waals surface area contributed by atoms with Gasteiger partial charge in [-0.05, 0) is 30.3 Å². The molecule has 3 rings (SSSR count). The first-order chi connectivity index (χ1) is 12.8. The quantitative estimate of drug-likeness (QED) is 0.811. The first kappa shape index (κ1) is 19.5. The van der Waals surface area contributed by atoms with Crippen LogP contribution in [-0.2, 0) is 14.8 Å². The molecule has 1 amide bonds. The Balaban J connectivity index is 1.56. The first-order valence-corrected chi connectivity index (χ1v) is 10.3. The highest BCUT2D eigenvalue weighted by atomic mass is 35.5. The Morgan fingerprint density at radius 2 is 1.78 bits per heavy atom. The van der Waals surface area contributed by atoms with Gasteiger partial charge < -0.3 is 14.5 Å². The summed E-state index contributed by atoms with van der Waals surface area (Å²) in [6.45, 7) is 2.21. The van der Waals surface area contributed by atoms with Crippen molar-refractivity contribution in [2.75, 3.05) is 37.7 Å². The summed E-state index contributed by atoms with van der Waals surface area (Å²) in [6.07, 6.45) is 0. The van der Waals surface area contributed by atoms with Crippen molar-refractivity contribution >= 4 is 33.2 Å². The van der Waals surface area contributed by atoms with Crippen LogP contribution >= 0.6 is 11.6 Å². The van der Waals surface area contributed by atoms with Crippen molar-refractivity contribution in [2.45, 2.75) is 4.90 Å². The van der Waals surface area contributed by atoms with Crippen LogP contribution in [0.1, 0.15) is 0 Å². The molecule has 9 heteroatoms. The van der Waals surface area contributed by atoms with Crippen LogP contribution in [0.5, 0.6) is 5.75 Å². The molecule has 0 aliphatic carbocycles. The Bertz CT molecular complexity index is 928. The molecule has 0 aromatic heterocycles. The minimum atomic E-state index is -3.92. The summed E-state index contributed by atoms with van der Waals surface area (Å²) in [6, 6.07) is 13.6. The van der Waals surface area contributed by atoms with E-state index in [1.807, 2.05) is 24.3 Å². The van der Waals surface area contributed by atoms with E-state index in [0.717, 1.165) is 5.69 Å². The zero-order valence-electron chi connectivity index (χ0n) is 14.5. The van der Waals surface area contributed by atoms with Crippen molar-refractivity contribution in [3.8, 4) is 5.75 Å². The Kier molecular flexibility index (Phi) is 5.88. The van der Waals surface area contributed by atoms with Crippen LogP contribution in [0, 0.1) is 0 Å². The third kappa shape index (κ3) is 4.91. The third-order valence-electron chi connectivity index (χ3n) is 4.31. The lowest BCUT2D eigenvalue weighted by molar-refractivity contribution is -0.133. The number of benzene rings is 2. The number of anilines is 1. The van der Waals surface area contributed by atoms with Gasteiger partial charge in [-0.2, -0.15) is 0 Å². The van der Waals surface area contributed by atoms with Crippen molar-refractivity contribution in [1.82, 2.24) is 4.90 Å². The molecule has 1 aliphatic rings. The van der Waals surface area contributed by atoms with Gasteiger partial charge in [0, 0.05) is 36.9 Å². The SMILES string of the molecule is NS(=O)(=O)c1ccccc1OCC(=O)N1CCN(c2cccc(Cl)c2)CC1. The Hall–Kier alpha value is -2.29. The standard InChI is InChI=1S/C18H20ClN3O4S/c19-14-4-3-5-15(12-14)21-8-10-22(11-9-21)18(23)13-26-16-6-1-2-7-17(16)27(20,24)25/h1-7,12H,8-11,13H2,(H2,20,24,25). The molecular formula is C18H20ClN3O4S. The molecule has 7 nitrogen and oxygen atoms in total. The van der Waals surface area contributed by atoms with Crippen LogP contribution in [0.4, 0.5) is 5.69 Å². The van der Waals surface area contributed by atoms with Crippen LogP contribution in [0.3, 0.4) is 0 Å². The van der Waals surface area contributed by atoms with Gasteiger partial charge in [0.1, 0.15) is 10.6 Å². The number of primary sulfonamides is 1. The first-order valence-electron chi connectivity index (χ1n) is 8.37. The van der Waals surface area contributed by atoms with E-state index in [1.54, 1.807) is 17.0 Å². The number of ether oxygens (including phenoxy) is 1. The second-order valence-electron chi connectivity index (χ2n) is 6.13. The molecule has 0 unspecified atom stereocenters. The molecule has 2 aromatic carbocycles. The lowest BCUT2D eigenvalue weighted by Gasteiger charge is -2.36. The minimum absolute atomic E-state index is 0.0749. The summed E-state index contributed by atoms with van der Waals surface area (Å²) in [4.78, 5) is 16.1. The van der Waals surface area contributed by atoms with E-state index >= 15 is 0 Å². The number of carbonyl (C=O) groups is 1. The fourth-order valence-electron chi connectivity index (χ4n) is 2.92. The average Bonchev–Trinajstić information content (AvgIpc) is 2.66. The van der Waals surface area contributed by atoms with Crippen LogP contribution in [0.25, 0.3) is 0 Å². The second-order valence-corrected chi connectivity index (χ2v) is 8.09. The van der Waals surface area contributed by atoms with Crippen LogP contribution in [0.2, 0.25) is 5.02 Å². The number of amides is 1. The summed E-state index contributed by atoms with van der Waals surface area (Å²) in [5.74, 6) is -0.129. The number of piperazine rings is 1. The number of nitrogens with zero attached hydrogens (tertiary/aromatic N) is 2. The molecule has 1 heterocycles. The van der Waals surface area contributed by atoms with Crippen LogP contribution in [-0.4, -0.2) is 52.0 Å². The van der Waals surface area contributed by atoms with Gasteiger partial charge in [-0.1, -0.05) is 29.8 Å². The van der Waals surface area contributed by atoms with E-state index < -0.39 is 10.0 Å². The lowest BCUT2D eigenvalue weighted by Crippen LogP contribution is -2.50. The van der Waals surface area contributed by atoms with E-state index in [9.17, 15) is 13.2 Å². The summed E-state index contributed by atoms with van der Waals surface area (Å²) in [5, 5.41) is 5.84. The fourth-order valence-corrected chi connectivity index (χ4v) is 3.78. The van der Waals surface area contributed by atoms with Gasteiger partial charge in [0.25, 0.3) is 5.91 Å². The molecular weight excluding hydrogens is 390 g/mol. The lowest BCUT2D eigenvalue weighted by atomic mass is 10.2. The zero-order valence-corrected chi connectivity index (χ0v) is 16.1. The number of carbonyl (C=O) groups excluding carboxylic acids is 1. The van der Waals surface area contributed by atoms with Crippen molar-refractivity contribution in [3.63, 3.8) is 0 Å². The molecule has 144 valence electrons. The van der Waals surface area contributed by atoms with E-state index in [0.29, 0.717) is 31.2 Å². The topological polar surface area (TPSA) is 92.9 Å². The molecule has 1 fully saturated rings. The average molecular weight is 410 g/mol. The predicted octanol–water partition coefficient (Wildman–Crippen LogP) is 1.71. The highest BCUT2D eigenvalue weighted by molar-refractivity contribution is 7.89. The summed E-state index contributed by atoms with van der Waals surface area (Å²) in [7, 11) is -3.92. The number of nitrogens with two attached hydrogens (primary N) is 1. The summed E-state index contributed by atoms with van der Waals surface area (Å²) >= 11 is 6.03. The Morgan fingerprint density at radius 1 is 1.07 bits per heavy atom. The number of rotatable bonds is 5. The normalized spacial score (nSPS) is 14.9. The predicted molar refractivity (Wildman–Crippen MR) is 104 cm³/mol. The smallest absolute Gasteiger partial charge is 0.260 e. The molecule has 1 saturated heterocycles. The summed E-state index contributed by atoms with van der Waals surface area (Å²) in [5.41, 5.74) is 1.02. The van der Waals surface area contributed by atoms with Crippen molar-refractivity contribution < 1.29 is 17.9 Å². The van der Waals surface area contributed by atoms with Crippen LogP contribution in [0.15, 0.2) is 53.4 Å². The minimum Gasteiger partial charge on any atom is -0.482 e. The van der Waals surface area contributed by atoms with Crippen LogP contribution < -0.4 is 14.8 Å². The number of halogens is 1. The number of hydrogen-bond acceptors (Lipinski definition) is 5. The molecule has 27 heavy (non-hydrogen) atoms. The van der Waals surface area contributed by atoms with Crippen molar-refractivity contribution in [1.29, 1.82) is 0 Å². The maximum absolute atomic E-state index is 12.4. The molecule has 2 N–H and O–H groups in total. The van der Waals surface area contributed by atoms with Gasteiger partial charge in [-0.3, -0.25) is 4.79 Å². The largest absolute Gasteiger partial charge is 0.482 e. The number of para-hydroxylation sites is 1. The Morgan fingerprint density at radius 3 is 2.44 bits per heavy atom. The number of sulfonamides is 1. The van der Waals surface area contributed by atoms with Gasteiger partial charge in [-0.15, -0.1) is 0 Å². The molecule has 2 aromatic rings. The molecule has 1 aliphatic heterocycles.